The van der Waals surface area contributed by atoms with Crippen molar-refractivity contribution in [1.29, 1.82) is 0 Å². The van der Waals surface area contributed by atoms with Crippen molar-refractivity contribution >= 4 is 17.3 Å². The first-order valence-corrected chi connectivity index (χ1v) is 5.81. The summed E-state index contributed by atoms with van der Waals surface area (Å²) in [6.45, 7) is 0.516. The first kappa shape index (κ1) is 12.5. The highest BCUT2D eigenvalue weighted by Crippen LogP contribution is 2.17. The van der Waals surface area contributed by atoms with Crippen LogP contribution in [0.1, 0.15) is 11.1 Å². The molecule has 3 heteroatoms. The van der Waals surface area contributed by atoms with Crippen LogP contribution < -0.4 is 5.32 Å². The monoisotopic (exact) mass is 259 g/mol. The van der Waals surface area contributed by atoms with Gasteiger partial charge in [-0.05, 0) is 35.9 Å². The number of terminal acetylenes is 1. The maximum atomic E-state index is 13.2. The van der Waals surface area contributed by atoms with E-state index in [2.05, 4.69) is 11.2 Å². The molecule has 0 radical (unpaired) electrons. The van der Waals surface area contributed by atoms with E-state index in [-0.39, 0.29) is 5.02 Å². The van der Waals surface area contributed by atoms with Gasteiger partial charge in [0.2, 0.25) is 0 Å². The molecule has 18 heavy (non-hydrogen) atoms. The molecule has 0 fully saturated rings. The molecule has 2 aromatic rings. The van der Waals surface area contributed by atoms with Crippen LogP contribution in [0.5, 0.6) is 0 Å². The maximum absolute atomic E-state index is 13.2. The summed E-state index contributed by atoms with van der Waals surface area (Å²) < 4.78 is 13.2. The van der Waals surface area contributed by atoms with Gasteiger partial charge in [0.1, 0.15) is 5.82 Å². The molecular weight excluding hydrogens is 249 g/mol. The highest BCUT2D eigenvalue weighted by molar-refractivity contribution is 6.30. The van der Waals surface area contributed by atoms with Gasteiger partial charge >= 0.3 is 0 Å². The zero-order valence-electron chi connectivity index (χ0n) is 9.58. The Bertz CT molecular complexity index is 602. The van der Waals surface area contributed by atoms with Crippen molar-refractivity contribution in [3.63, 3.8) is 0 Å². The van der Waals surface area contributed by atoms with E-state index >= 15 is 0 Å². The highest BCUT2D eigenvalue weighted by Gasteiger charge is 2.01. The maximum Gasteiger partial charge on any atom is 0.142 e. The topological polar surface area (TPSA) is 12.0 Å². The molecule has 0 bridgehead atoms. The largest absolute Gasteiger partial charge is 0.381 e. The van der Waals surface area contributed by atoms with Crippen LogP contribution in [-0.4, -0.2) is 0 Å². The molecule has 0 amide bonds. The summed E-state index contributed by atoms with van der Waals surface area (Å²) in [5.74, 6) is 2.16. The van der Waals surface area contributed by atoms with E-state index in [1.165, 1.54) is 6.07 Å². The van der Waals surface area contributed by atoms with Crippen LogP contribution >= 0.6 is 11.6 Å². The van der Waals surface area contributed by atoms with E-state index in [0.717, 1.165) is 16.8 Å². The van der Waals surface area contributed by atoms with Gasteiger partial charge in [-0.15, -0.1) is 6.42 Å². The molecule has 0 aliphatic carbocycles. The third-order valence-electron chi connectivity index (χ3n) is 2.51. The van der Waals surface area contributed by atoms with Crippen molar-refractivity contribution in [3.05, 3.63) is 64.4 Å². The Kier molecular flexibility index (Phi) is 3.86. The molecule has 0 atom stereocenters. The van der Waals surface area contributed by atoms with E-state index in [9.17, 15) is 4.39 Å². The first-order valence-electron chi connectivity index (χ1n) is 5.43. The van der Waals surface area contributed by atoms with Crippen LogP contribution in [0.3, 0.4) is 0 Å². The van der Waals surface area contributed by atoms with E-state index in [4.69, 9.17) is 18.0 Å². The number of benzene rings is 2. The Labute approximate surface area is 111 Å². The fraction of sp³-hybridized carbons (Fsp3) is 0.0667. The second kappa shape index (κ2) is 5.57. The van der Waals surface area contributed by atoms with Crippen molar-refractivity contribution in [1.82, 2.24) is 0 Å². The van der Waals surface area contributed by atoms with Crippen LogP contribution in [0.25, 0.3) is 0 Å². The standard InChI is InChI=1S/C15H11ClFN/c1-2-11-4-3-5-13(8-11)18-10-12-6-7-14(16)15(17)9-12/h1,3-9,18H,10H2. The number of hydrogen-bond acceptors (Lipinski definition) is 1. The quantitative estimate of drug-likeness (QED) is 0.820. The van der Waals surface area contributed by atoms with Crippen molar-refractivity contribution in [2.24, 2.45) is 0 Å². The van der Waals surface area contributed by atoms with Crippen molar-refractivity contribution in [2.75, 3.05) is 5.32 Å². The van der Waals surface area contributed by atoms with Crippen molar-refractivity contribution < 1.29 is 4.39 Å². The molecule has 0 aromatic heterocycles. The molecule has 2 aromatic carbocycles. The Morgan fingerprint density at radius 3 is 2.78 bits per heavy atom. The summed E-state index contributed by atoms with van der Waals surface area (Å²) in [5.41, 5.74) is 2.53. The number of nitrogens with one attached hydrogen (secondary N) is 1. The third-order valence-corrected chi connectivity index (χ3v) is 2.82. The van der Waals surface area contributed by atoms with E-state index < -0.39 is 5.82 Å². The average molecular weight is 260 g/mol. The Morgan fingerprint density at radius 2 is 2.06 bits per heavy atom. The van der Waals surface area contributed by atoms with E-state index in [1.54, 1.807) is 12.1 Å². The Balaban J connectivity index is 2.07. The van der Waals surface area contributed by atoms with E-state index in [0.29, 0.717) is 6.54 Å². The van der Waals surface area contributed by atoms with Gasteiger partial charge < -0.3 is 5.32 Å². The van der Waals surface area contributed by atoms with Gasteiger partial charge in [-0.25, -0.2) is 4.39 Å². The van der Waals surface area contributed by atoms with Crippen LogP contribution in [0.4, 0.5) is 10.1 Å². The van der Waals surface area contributed by atoms with Crippen LogP contribution in [-0.2, 0) is 6.54 Å². The molecular formula is C15H11ClFN. The second-order valence-corrected chi connectivity index (χ2v) is 4.23. The predicted octanol–water partition coefficient (Wildman–Crippen LogP) is 4.07. The van der Waals surface area contributed by atoms with Gasteiger partial charge in [0.25, 0.3) is 0 Å². The molecule has 0 heterocycles. The lowest BCUT2D eigenvalue weighted by Crippen LogP contribution is -2.00. The zero-order valence-corrected chi connectivity index (χ0v) is 10.3. The third kappa shape index (κ3) is 3.03. The number of hydrogen-bond donors (Lipinski definition) is 1. The lowest BCUT2D eigenvalue weighted by Gasteiger charge is -2.07. The molecule has 0 saturated heterocycles. The fourth-order valence-electron chi connectivity index (χ4n) is 1.57. The van der Waals surface area contributed by atoms with Crippen molar-refractivity contribution in [2.45, 2.75) is 6.54 Å². The summed E-state index contributed by atoms with van der Waals surface area (Å²) in [4.78, 5) is 0. The lowest BCUT2D eigenvalue weighted by atomic mass is 10.2. The minimum Gasteiger partial charge on any atom is -0.381 e. The molecule has 2 rings (SSSR count). The molecule has 90 valence electrons. The van der Waals surface area contributed by atoms with Gasteiger partial charge in [0, 0.05) is 17.8 Å². The molecule has 1 nitrogen and oxygen atoms in total. The van der Waals surface area contributed by atoms with Gasteiger partial charge in [0.15, 0.2) is 0 Å². The smallest absolute Gasteiger partial charge is 0.142 e. The minimum atomic E-state index is -0.409. The average Bonchev–Trinajstić information content (AvgIpc) is 2.40. The fourth-order valence-corrected chi connectivity index (χ4v) is 1.69. The number of halogens is 2. The first-order chi connectivity index (χ1) is 8.69. The summed E-state index contributed by atoms with van der Waals surface area (Å²) >= 11 is 5.62. The molecule has 0 saturated carbocycles. The summed E-state index contributed by atoms with van der Waals surface area (Å²) in [7, 11) is 0. The normalized spacial score (nSPS) is 9.83. The Morgan fingerprint density at radius 1 is 1.22 bits per heavy atom. The summed E-state index contributed by atoms with van der Waals surface area (Å²) in [5, 5.41) is 3.31. The van der Waals surface area contributed by atoms with Crippen LogP contribution in [0.2, 0.25) is 5.02 Å². The van der Waals surface area contributed by atoms with Crippen LogP contribution in [0.15, 0.2) is 42.5 Å². The van der Waals surface area contributed by atoms with E-state index in [1.807, 2.05) is 24.3 Å². The SMILES string of the molecule is C#Cc1cccc(NCc2ccc(Cl)c(F)c2)c1. The molecule has 1 N–H and O–H groups in total. The van der Waals surface area contributed by atoms with Crippen molar-refractivity contribution in [3.8, 4) is 12.3 Å². The minimum absolute atomic E-state index is 0.132. The second-order valence-electron chi connectivity index (χ2n) is 3.83. The molecule has 0 unspecified atom stereocenters. The highest BCUT2D eigenvalue weighted by atomic mass is 35.5. The summed E-state index contributed by atoms with van der Waals surface area (Å²) in [6, 6.07) is 12.3. The van der Waals surface area contributed by atoms with Gasteiger partial charge in [0.05, 0.1) is 5.02 Å². The lowest BCUT2D eigenvalue weighted by molar-refractivity contribution is 0.626. The number of anilines is 1. The van der Waals surface area contributed by atoms with Gasteiger partial charge in [-0.2, -0.15) is 0 Å². The zero-order chi connectivity index (χ0) is 13.0. The molecule has 0 spiro atoms. The number of rotatable bonds is 3. The molecule has 0 aliphatic rings. The van der Waals surface area contributed by atoms with Crippen LogP contribution in [0, 0.1) is 18.2 Å². The Hall–Kier alpha value is -1.98. The van der Waals surface area contributed by atoms with Gasteiger partial charge in [-0.1, -0.05) is 29.7 Å². The van der Waals surface area contributed by atoms with Gasteiger partial charge in [-0.3, -0.25) is 0 Å². The molecule has 0 aliphatic heterocycles. The predicted molar refractivity (Wildman–Crippen MR) is 73.1 cm³/mol. The summed E-state index contributed by atoms with van der Waals surface area (Å²) in [6.07, 6.45) is 5.32.